The molecule has 0 heterocycles. The lowest BCUT2D eigenvalue weighted by molar-refractivity contribution is 0.545. The van der Waals surface area contributed by atoms with Gasteiger partial charge in [-0.05, 0) is 60.7 Å². The predicted octanol–water partition coefficient (Wildman–Crippen LogP) is 5.20. The molecule has 0 saturated heterocycles. The van der Waals surface area contributed by atoms with Gasteiger partial charge in [-0.3, -0.25) is 0 Å². The molecule has 0 aromatic heterocycles. The van der Waals surface area contributed by atoms with E-state index in [1.54, 1.807) is 23.9 Å². The van der Waals surface area contributed by atoms with Gasteiger partial charge in [-0.2, -0.15) is 0 Å². The Morgan fingerprint density at radius 2 is 1.90 bits per heavy atom. The molecule has 1 atom stereocenters. The Bertz CT molecular complexity index is 586. The average Bonchev–Trinajstić information content (AvgIpc) is 2.50. The van der Waals surface area contributed by atoms with Gasteiger partial charge in [-0.25, -0.2) is 4.39 Å². The van der Waals surface area contributed by atoms with Gasteiger partial charge in [-0.1, -0.05) is 35.0 Å². The third-order valence-corrected chi connectivity index (χ3v) is 4.92. The summed E-state index contributed by atoms with van der Waals surface area (Å²) in [7, 11) is 0. The first-order valence-corrected chi connectivity index (χ1v) is 8.97. The minimum atomic E-state index is -0.193. The Labute approximate surface area is 138 Å². The van der Waals surface area contributed by atoms with E-state index in [4.69, 9.17) is 0 Å². The summed E-state index contributed by atoms with van der Waals surface area (Å²) < 4.78 is 14.4. The molecule has 0 aliphatic rings. The summed E-state index contributed by atoms with van der Waals surface area (Å²) in [5, 5.41) is 3.48. The van der Waals surface area contributed by atoms with E-state index in [9.17, 15) is 4.39 Å². The molecule has 0 bridgehead atoms. The molecule has 0 saturated carbocycles. The molecule has 2 aromatic rings. The zero-order valence-corrected chi connectivity index (χ0v) is 14.6. The molecule has 0 aliphatic heterocycles. The maximum absolute atomic E-state index is 13.4. The Morgan fingerprint density at radius 1 is 1.19 bits per heavy atom. The molecule has 2 aromatic carbocycles. The number of hydrogen-bond donors (Lipinski definition) is 1. The van der Waals surface area contributed by atoms with Gasteiger partial charge in [0.15, 0.2) is 0 Å². The highest BCUT2D eigenvalue weighted by atomic mass is 79.9. The lowest BCUT2D eigenvalue weighted by Gasteiger charge is -2.19. The number of hydrogen-bond acceptors (Lipinski definition) is 2. The molecular formula is C17H19BrFNS. The van der Waals surface area contributed by atoms with E-state index in [-0.39, 0.29) is 11.9 Å². The number of nitrogens with one attached hydrogen (secondary N) is 1. The van der Waals surface area contributed by atoms with Gasteiger partial charge in [0.05, 0.1) is 0 Å². The topological polar surface area (TPSA) is 12.0 Å². The summed E-state index contributed by atoms with van der Waals surface area (Å²) in [6.07, 6.45) is 2.82. The van der Waals surface area contributed by atoms with Gasteiger partial charge in [0.2, 0.25) is 0 Å². The first kappa shape index (κ1) is 16.5. The van der Waals surface area contributed by atoms with Crippen LogP contribution in [0.4, 0.5) is 4.39 Å². The molecule has 1 nitrogen and oxygen atoms in total. The molecule has 0 radical (unpaired) electrons. The van der Waals surface area contributed by atoms with Crippen molar-refractivity contribution in [3.05, 3.63) is 63.9 Å². The van der Waals surface area contributed by atoms with Gasteiger partial charge in [0, 0.05) is 15.4 Å². The van der Waals surface area contributed by atoms with Crippen LogP contribution in [0.25, 0.3) is 0 Å². The van der Waals surface area contributed by atoms with Crippen LogP contribution >= 0.6 is 27.7 Å². The fourth-order valence-electron chi connectivity index (χ4n) is 2.31. The van der Waals surface area contributed by atoms with E-state index in [0.29, 0.717) is 0 Å². The number of halogens is 2. The minimum absolute atomic E-state index is 0.184. The lowest BCUT2D eigenvalue weighted by Crippen LogP contribution is -2.23. The number of rotatable bonds is 6. The maximum atomic E-state index is 13.4. The summed E-state index contributed by atoms with van der Waals surface area (Å²) in [5.74, 6) is -0.193. The zero-order valence-electron chi connectivity index (χ0n) is 12.2. The van der Waals surface area contributed by atoms with Crippen LogP contribution < -0.4 is 5.32 Å². The van der Waals surface area contributed by atoms with Crippen molar-refractivity contribution in [2.24, 2.45) is 0 Å². The van der Waals surface area contributed by atoms with Crippen LogP contribution in [0.15, 0.2) is 51.8 Å². The van der Waals surface area contributed by atoms with Crippen molar-refractivity contribution in [1.29, 1.82) is 0 Å². The van der Waals surface area contributed by atoms with Crippen molar-refractivity contribution in [3.8, 4) is 0 Å². The molecule has 112 valence electrons. The Kier molecular flexibility index (Phi) is 6.27. The van der Waals surface area contributed by atoms with Crippen LogP contribution in [-0.2, 0) is 6.42 Å². The van der Waals surface area contributed by atoms with Crippen LogP contribution in [-0.4, -0.2) is 12.8 Å². The third kappa shape index (κ3) is 4.56. The van der Waals surface area contributed by atoms with E-state index < -0.39 is 0 Å². The van der Waals surface area contributed by atoms with Gasteiger partial charge in [-0.15, -0.1) is 11.8 Å². The molecule has 0 spiro atoms. The van der Waals surface area contributed by atoms with Crippen LogP contribution in [0, 0.1) is 5.82 Å². The predicted molar refractivity (Wildman–Crippen MR) is 92.4 cm³/mol. The largest absolute Gasteiger partial charge is 0.310 e. The first-order valence-electron chi connectivity index (χ1n) is 6.95. The lowest BCUT2D eigenvalue weighted by atomic mass is 9.99. The highest BCUT2D eigenvalue weighted by molar-refractivity contribution is 9.10. The Hall–Kier alpha value is -0.840. The standard InChI is InChI=1S/C17H19BrFNS/c1-3-20-17(12-4-7-15(21-2)8-5-12)11-13-10-14(19)6-9-16(13)18/h4-10,17,20H,3,11H2,1-2H3. The van der Waals surface area contributed by atoms with Crippen LogP contribution in [0.5, 0.6) is 0 Å². The molecule has 1 unspecified atom stereocenters. The number of likely N-dealkylation sites (N-methyl/N-ethyl adjacent to an activating group) is 1. The minimum Gasteiger partial charge on any atom is -0.310 e. The summed E-state index contributed by atoms with van der Waals surface area (Å²) in [6, 6.07) is 13.6. The second-order valence-electron chi connectivity index (χ2n) is 4.82. The monoisotopic (exact) mass is 367 g/mol. The molecule has 0 amide bonds. The fourth-order valence-corrected chi connectivity index (χ4v) is 3.13. The quantitative estimate of drug-likeness (QED) is 0.703. The molecule has 0 aliphatic carbocycles. The van der Waals surface area contributed by atoms with E-state index in [1.165, 1.54) is 16.5 Å². The molecule has 0 fully saturated rings. The number of thioether (sulfide) groups is 1. The van der Waals surface area contributed by atoms with Crippen molar-refractivity contribution in [2.45, 2.75) is 24.3 Å². The van der Waals surface area contributed by atoms with Crippen molar-refractivity contribution >= 4 is 27.7 Å². The summed E-state index contributed by atoms with van der Waals surface area (Å²) in [6.45, 7) is 2.96. The molecule has 2 rings (SSSR count). The van der Waals surface area contributed by atoms with Crippen LogP contribution in [0.3, 0.4) is 0 Å². The number of benzene rings is 2. The SMILES string of the molecule is CCNC(Cc1cc(F)ccc1Br)c1ccc(SC)cc1. The van der Waals surface area contributed by atoms with E-state index >= 15 is 0 Å². The smallest absolute Gasteiger partial charge is 0.123 e. The normalized spacial score (nSPS) is 12.4. The summed E-state index contributed by atoms with van der Waals surface area (Å²) >= 11 is 5.24. The molecule has 4 heteroatoms. The van der Waals surface area contributed by atoms with E-state index in [0.717, 1.165) is 23.0 Å². The second-order valence-corrected chi connectivity index (χ2v) is 6.56. The van der Waals surface area contributed by atoms with E-state index in [2.05, 4.69) is 58.7 Å². The molecule has 21 heavy (non-hydrogen) atoms. The van der Waals surface area contributed by atoms with E-state index in [1.807, 2.05) is 0 Å². The summed E-state index contributed by atoms with van der Waals surface area (Å²) in [5.41, 5.74) is 2.21. The fraction of sp³-hybridized carbons (Fsp3) is 0.294. The van der Waals surface area contributed by atoms with Crippen molar-refractivity contribution < 1.29 is 4.39 Å². The van der Waals surface area contributed by atoms with Crippen LogP contribution in [0.2, 0.25) is 0 Å². The highest BCUT2D eigenvalue weighted by Gasteiger charge is 2.13. The van der Waals surface area contributed by atoms with Gasteiger partial charge in [0.1, 0.15) is 5.82 Å². The van der Waals surface area contributed by atoms with Gasteiger partial charge < -0.3 is 5.32 Å². The molecular weight excluding hydrogens is 349 g/mol. The highest BCUT2D eigenvalue weighted by Crippen LogP contribution is 2.26. The van der Waals surface area contributed by atoms with Crippen molar-refractivity contribution in [3.63, 3.8) is 0 Å². The van der Waals surface area contributed by atoms with Gasteiger partial charge >= 0.3 is 0 Å². The Morgan fingerprint density at radius 3 is 2.52 bits per heavy atom. The van der Waals surface area contributed by atoms with Crippen molar-refractivity contribution in [2.75, 3.05) is 12.8 Å². The Balaban J connectivity index is 2.23. The summed E-state index contributed by atoms with van der Waals surface area (Å²) in [4.78, 5) is 1.25. The molecule has 1 N–H and O–H groups in total. The van der Waals surface area contributed by atoms with Gasteiger partial charge in [0.25, 0.3) is 0 Å². The average molecular weight is 368 g/mol. The van der Waals surface area contributed by atoms with Crippen LogP contribution in [0.1, 0.15) is 24.1 Å². The third-order valence-electron chi connectivity index (χ3n) is 3.40. The van der Waals surface area contributed by atoms with Crippen molar-refractivity contribution in [1.82, 2.24) is 5.32 Å². The second kappa shape index (κ2) is 7.97. The maximum Gasteiger partial charge on any atom is 0.123 e. The first-order chi connectivity index (χ1) is 10.1. The zero-order chi connectivity index (χ0) is 15.2.